The van der Waals surface area contributed by atoms with Crippen LogP contribution in [0.15, 0.2) is 94.1 Å². The van der Waals surface area contributed by atoms with Gasteiger partial charge in [-0.1, -0.05) is 24.3 Å². The van der Waals surface area contributed by atoms with Crippen molar-refractivity contribution in [1.82, 2.24) is 10.7 Å². The van der Waals surface area contributed by atoms with Gasteiger partial charge in [-0.2, -0.15) is 5.10 Å². The number of aryl methyl sites for hydroxylation is 1. The van der Waals surface area contributed by atoms with Crippen LogP contribution in [0.4, 0.5) is 5.69 Å². The smallest absolute Gasteiger partial charge is 0.287 e. The van der Waals surface area contributed by atoms with Gasteiger partial charge < -0.3 is 19.2 Å². The third kappa shape index (κ3) is 5.89. The van der Waals surface area contributed by atoms with Gasteiger partial charge in [0, 0.05) is 23.3 Å². The summed E-state index contributed by atoms with van der Waals surface area (Å²) in [6.07, 6.45) is 2.80. The van der Waals surface area contributed by atoms with Gasteiger partial charge in [0.15, 0.2) is 11.5 Å². The molecule has 0 saturated heterocycles. The largest absolute Gasteiger partial charge is 0.455 e. The maximum atomic E-state index is 13.0. The number of non-ortho nitro benzene ring substituents is 1. The summed E-state index contributed by atoms with van der Waals surface area (Å²) in [5.41, 5.74) is 4.67. The zero-order valence-corrected chi connectivity index (χ0v) is 21.1. The number of carbonyl (C=O) groups excluding carboxylic acids is 2. The van der Waals surface area contributed by atoms with Crippen LogP contribution in [0, 0.1) is 17.0 Å². The van der Waals surface area contributed by atoms with Crippen LogP contribution in [0.1, 0.15) is 27.2 Å². The normalized spacial score (nSPS) is 12.4. The van der Waals surface area contributed by atoms with Gasteiger partial charge in [-0.3, -0.25) is 19.7 Å². The molecular weight excluding hydrogens is 516 g/mol. The van der Waals surface area contributed by atoms with Gasteiger partial charge in [0.25, 0.3) is 17.5 Å². The predicted octanol–water partition coefficient (Wildman–Crippen LogP) is 4.81. The number of ether oxygens (including phenoxy) is 2. The Morgan fingerprint density at radius 3 is 2.55 bits per heavy atom. The Kier molecular flexibility index (Phi) is 7.36. The van der Waals surface area contributed by atoms with Crippen molar-refractivity contribution in [3.8, 4) is 22.8 Å². The average molecular weight is 539 g/mol. The van der Waals surface area contributed by atoms with Crippen molar-refractivity contribution in [3.05, 3.63) is 117 Å². The van der Waals surface area contributed by atoms with Crippen molar-refractivity contribution in [2.24, 2.45) is 5.10 Å². The minimum absolute atomic E-state index is 0.0127. The van der Waals surface area contributed by atoms with Crippen molar-refractivity contribution >= 4 is 29.8 Å². The van der Waals surface area contributed by atoms with Gasteiger partial charge in [-0.25, -0.2) is 5.43 Å². The molecular formula is C29H22N4O7. The van der Waals surface area contributed by atoms with E-state index in [9.17, 15) is 19.7 Å². The van der Waals surface area contributed by atoms with Crippen molar-refractivity contribution in [2.45, 2.75) is 6.92 Å². The summed E-state index contributed by atoms with van der Waals surface area (Å²) in [4.78, 5) is 36.4. The van der Waals surface area contributed by atoms with Crippen LogP contribution in [-0.2, 0) is 4.79 Å². The maximum Gasteiger partial charge on any atom is 0.287 e. The maximum absolute atomic E-state index is 13.0. The van der Waals surface area contributed by atoms with Crippen LogP contribution in [0.5, 0.6) is 11.5 Å². The van der Waals surface area contributed by atoms with Crippen LogP contribution >= 0.6 is 0 Å². The fraction of sp³-hybridized carbons (Fsp3) is 0.0690. The minimum Gasteiger partial charge on any atom is -0.455 e. The van der Waals surface area contributed by atoms with Gasteiger partial charge in [0.05, 0.1) is 11.1 Å². The number of nitrogens with zero attached hydrogens (tertiary/aromatic N) is 2. The van der Waals surface area contributed by atoms with E-state index in [2.05, 4.69) is 15.8 Å². The molecule has 40 heavy (non-hydrogen) atoms. The number of benzene rings is 3. The highest BCUT2D eigenvalue weighted by atomic mass is 16.7. The second kappa shape index (κ2) is 11.4. The summed E-state index contributed by atoms with van der Waals surface area (Å²) in [6.45, 7) is 1.85. The molecule has 1 aliphatic heterocycles. The topological polar surface area (TPSA) is 145 Å². The molecule has 1 aliphatic rings. The number of nitro benzene ring substituents is 1. The molecule has 0 fully saturated rings. The van der Waals surface area contributed by atoms with Gasteiger partial charge in [-0.05, 0) is 66.6 Å². The molecule has 0 bridgehead atoms. The Hall–Kier alpha value is -5.71. The van der Waals surface area contributed by atoms with E-state index in [1.54, 1.807) is 73.7 Å². The number of amides is 2. The number of hydrogen-bond acceptors (Lipinski definition) is 8. The van der Waals surface area contributed by atoms with Crippen LogP contribution in [-0.4, -0.2) is 29.7 Å². The van der Waals surface area contributed by atoms with Crippen LogP contribution in [0.3, 0.4) is 0 Å². The van der Waals surface area contributed by atoms with Gasteiger partial charge in [0.1, 0.15) is 17.2 Å². The summed E-state index contributed by atoms with van der Waals surface area (Å²) in [6, 6.07) is 21.4. The SMILES string of the molecule is Cc1cc([N+](=O)[O-])ccc1-c1ccc(C=NNC(=O)C(=Cc2ccc3c(c2)OCO3)NC(=O)c2ccccc2)o1. The van der Waals surface area contributed by atoms with E-state index < -0.39 is 16.7 Å². The molecule has 200 valence electrons. The Labute approximate surface area is 227 Å². The fourth-order valence-corrected chi connectivity index (χ4v) is 3.93. The molecule has 2 N–H and O–H groups in total. The average Bonchev–Trinajstić information content (AvgIpc) is 3.62. The van der Waals surface area contributed by atoms with Crippen molar-refractivity contribution in [2.75, 3.05) is 6.79 Å². The van der Waals surface area contributed by atoms with Crippen LogP contribution in [0.25, 0.3) is 17.4 Å². The standard InChI is InChI=1S/C29H22N4O7/c1-18-13-21(33(36)37)8-10-23(18)25-12-9-22(40-25)16-30-32-29(35)24(31-28(34)20-5-3-2-4-6-20)14-19-7-11-26-27(15-19)39-17-38-26/h2-16H,17H2,1H3,(H,31,34)(H,32,35). The highest BCUT2D eigenvalue weighted by molar-refractivity contribution is 6.05. The number of furan rings is 1. The molecule has 2 heterocycles. The van der Waals surface area contributed by atoms with Crippen molar-refractivity contribution in [3.63, 3.8) is 0 Å². The molecule has 4 aromatic rings. The molecule has 0 unspecified atom stereocenters. The van der Waals surface area contributed by atoms with Gasteiger partial charge in [-0.15, -0.1) is 0 Å². The van der Waals surface area contributed by atoms with E-state index in [-0.39, 0.29) is 18.2 Å². The molecule has 11 nitrogen and oxygen atoms in total. The first-order valence-electron chi connectivity index (χ1n) is 12.0. The lowest BCUT2D eigenvalue weighted by atomic mass is 10.1. The quantitative estimate of drug-likeness (QED) is 0.142. The number of hydrogen-bond donors (Lipinski definition) is 2. The fourth-order valence-electron chi connectivity index (χ4n) is 3.93. The van der Waals surface area contributed by atoms with Crippen LogP contribution < -0.4 is 20.2 Å². The molecule has 0 radical (unpaired) electrons. The summed E-state index contributed by atoms with van der Waals surface area (Å²) in [5, 5.41) is 17.6. The second-order valence-electron chi connectivity index (χ2n) is 8.65. The molecule has 0 spiro atoms. The Morgan fingerprint density at radius 2 is 1.77 bits per heavy atom. The summed E-state index contributed by atoms with van der Waals surface area (Å²) in [7, 11) is 0. The number of carbonyl (C=O) groups is 2. The lowest BCUT2D eigenvalue weighted by Crippen LogP contribution is -2.32. The zero-order chi connectivity index (χ0) is 28.1. The summed E-state index contributed by atoms with van der Waals surface area (Å²) >= 11 is 0. The van der Waals surface area contributed by atoms with E-state index in [0.717, 1.165) is 0 Å². The predicted molar refractivity (Wildman–Crippen MR) is 146 cm³/mol. The van der Waals surface area contributed by atoms with E-state index in [4.69, 9.17) is 13.9 Å². The number of fused-ring (bicyclic) bond motifs is 1. The number of hydrazone groups is 1. The Balaban J connectivity index is 1.32. The number of nitro groups is 1. The molecule has 2 amide bonds. The molecule has 11 heteroatoms. The molecule has 0 atom stereocenters. The van der Waals surface area contributed by atoms with Crippen LogP contribution in [0.2, 0.25) is 0 Å². The summed E-state index contributed by atoms with van der Waals surface area (Å²) < 4.78 is 16.5. The van der Waals surface area contributed by atoms with Gasteiger partial charge >= 0.3 is 0 Å². The van der Waals surface area contributed by atoms with E-state index in [1.165, 1.54) is 24.4 Å². The highest BCUT2D eigenvalue weighted by Gasteiger charge is 2.17. The number of nitrogens with one attached hydrogen (secondary N) is 2. The molecule has 3 aromatic carbocycles. The first-order valence-corrected chi connectivity index (χ1v) is 12.0. The second-order valence-corrected chi connectivity index (χ2v) is 8.65. The van der Waals surface area contributed by atoms with E-state index in [0.29, 0.717) is 45.3 Å². The monoisotopic (exact) mass is 538 g/mol. The molecule has 1 aromatic heterocycles. The highest BCUT2D eigenvalue weighted by Crippen LogP contribution is 2.33. The Morgan fingerprint density at radius 1 is 0.975 bits per heavy atom. The molecule has 0 saturated carbocycles. The third-order valence-corrected chi connectivity index (χ3v) is 5.91. The molecule has 5 rings (SSSR count). The summed E-state index contributed by atoms with van der Waals surface area (Å²) in [5.74, 6) is 0.791. The first kappa shape index (κ1) is 25.9. The van der Waals surface area contributed by atoms with Crippen molar-refractivity contribution in [1.29, 1.82) is 0 Å². The molecule has 0 aliphatic carbocycles. The van der Waals surface area contributed by atoms with Gasteiger partial charge in [0.2, 0.25) is 6.79 Å². The number of rotatable bonds is 8. The van der Waals surface area contributed by atoms with E-state index >= 15 is 0 Å². The Bertz CT molecular complexity index is 1660. The first-order chi connectivity index (χ1) is 19.4. The lowest BCUT2D eigenvalue weighted by molar-refractivity contribution is -0.384. The lowest BCUT2D eigenvalue weighted by Gasteiger charge is -2.09. The third-order valence-electron chi connectivity index (χ3n) is 5.91. The van der Waals surface area contributed by atoms with E-state index in [1.807, 2.05) is 0 Å². The minimum atomic E-state index is -0.670. The zero-order valence-electron chi connectivity index (χ0n) is 21.1. The van der Waals surface area contributed by atoms with Crippen molar-refractivity contribution < 1.29 is 28.4 Å².